The largest absolute Gasteiger partial charge is 0.497 e. The number of carbonyl (C=O) groups is 2. The van der Waals surface area contributed by atoms with Gasteiger partial charge in [-0.2, -0.15) is 0 Å². The van der Waals surface area contributed by atoms with Gasteiger partial charge in [-0.15, -0.1) is 0 Å². The Bertz CT molecular complexity index is 1210. The average Bonchev–Trinajstić information content (AvgIpc) is 3.01. The fourth-order valence-corrected chi connectivity index (χ4v) is 4.29. The maximum absolute atomic E-state index is 12.4. The number of pyridine rings is 1. The van der Waals surface area contributed by atoms with E-state index < -0.39 is 5.91 Å². The van der Waals surface area contributed by atoms with E-state index in [9.17, 15) is 9.59 Å². The van der Waals surface area contributed by atoms with Crippen LogP contribution in [0.1, 0.15) is 12.5 Å². The molecule has 0 atom stereocenters. The molecule has 3 aromatic rings. The van der Waals surface area contributed by atoms with Crippen molar-refractivity contribution in [2.24, 2.45) is 0 Å². The summed E-state index contributed by atoms with van der Waals surface area (Å²) in [5.74, 6) is -0.0407. The van der Waals surface area contributed by atoms with Crippen molar-refractivity contribution >= 4 is 57.9 Å². The zero-order chi connectivity index (χ0) is 21.3. The Balaban J connectivity index is 1.88. The van der Waals surface area contributed by atoms with Crippen LogP contribution in [-0.2, 0) is 9.59 Å². The summed E-state index contributed by atoms with van der Waals surface area (Å²) in [5.41, 5.74) is 1.66. The molecule has 1 N–H and O–H groups in total. The summed E-state index contributed by atoms with van der Waals surface area (Å²) in [6.07, 6.45) is 1.65. The van der Waals surface area contributed by atoms with Crippen LogP contribution in [0.4, 0.5) is 0 Å². The zero-order valence-corrected chi connectivity index (χ0v) is 17.8. The summed E-state index contributed by atoms with van der Waals surface area (Å²) in [6, 6.07) is 17.4. The monoisotopic (exact) mass is 435 g/mol. The molecule has 1 fully saturated rings. The minimum absolute atomic E-state index is 0.0782. The van der Waals surface area contributed by atoms with Gasteiger partial charge >= 0.3 is 0 Å². The first-order chi connectivity index (χ1) is 14.5. The van der Waals surface area contributed by atoms with Crippen molar-refractivity contribution in [2.75, 3.05) is 7.11 Å². The maximum Gasteiger partial charge on any atom is 0.274 e. The Morgan fingerprint density at radius 1 is 1.20 bits per heavy atom. The molecule has 30 heavy (non-hydrogen) atoms. The Labute approximate surface area is 182 Å². The number of carbonyl (C=O) groups excluding carboxylic acids is 2. The molecule has 0 radical (unpaired) electrons. The predicted molar refractivity (Wildman–Crippen MR) is 120 cm³/mol. The molecular formula is C22H17N3O3S2. The van der Waals surface area contributed by atoms with E-state index in [1.54, 1.807) is 13.2 Å². The maximum atomic E-state index is 12.4. The molecule has 0 bridgehead atoms. The zero-order valence-electron chi connectivity index (χ0n) is 16.2. The number of aromatic nitrogens is 1. The summed E-state index contributed by atoms with van der Waals surface area (Å²) < 4.78 is 5.31. The van der Waals surface area contributed by atoms with Crippen molar-refractivity contribution in [3.8, 4) is 5.75 Å². The molecule has 2 aromatic carbocycles. The van der Waals surface area contributed by atoms with E-state index in [1.807, 2.05) is 54.6 Å². The first kappa shape index (κ1) is 20.1. The first-order valence-electron chi connectivity index (χ1n) is 9.05. The number of ether oxygens (including phenoxy) is 1. The van der Waals surface area contributed by atoms with Crippen molar-refractivity contribution in [2.45, 2.75) is 16.8 Å². The molecule has 0 spiro atoms. The van der Waals surface area contributed by atoms with Gasteiger partial charge in [-0.25, -0.2) is 4.98 Å². The minimum atomic E-state index is -0.416. The highest BCUT2D eigenvalue weighted by Gasteiger charge is 2.33. The normalized spacial score (nSPS) is 15.0. The number of methoxy groups -OCH3 is 1. The highest BCUT2D eigenvalue weighted by atomic mass is 32.2. The van der Waals surface area contributed by atoms with Crippen molar-refractivity contribution in [1.29, 1.82) is 0 Å². The van der Waals surface area contributed by atoms with E-state index in [1.165, 1.54) is 23.6 Å². The lowest BCUT2D eigenvalue weighted by molar-refractivity contribution is -0.125. The number of fused-ring (bicyclic) bond motifs is 1. The van der Waals surface area contributed by atoms with Gasteiger partial charge < -0.3 is 4.74 Å². The lowest BCUT2D eigenvalue weighted by atomic mass is 10.1. The number of rotatable bonds is 4. The number of nitrogens with one attached hydrogen (secondary N) is 1. The molecule has 1 aliphatic heterocycles. The highest BCUT2D eigenvalue weighted by Crippen LogP contribution is 2.34. The van der Waals surface area contributed by atoms with Crippen molar-refractivity contribution in [3.05, 3.63) is 65.9 Å². The smallest absolute Gasteiger partial charge is 0.274 e. The van der Waals surface area contributed by atoms with E-state index >= 15 is 0 Å². The van der Waals surface area contributed by atoms with Gasteiger partial charge in [0.25, 0.3) is 5.91 Å². The van der Waals surface area contributed by atoms with Crippen LogP contribution in [0.25, 0.3) is 17.0 Å². The van der Waals surface area contributed by atoms with E-state index in [0.29, 0.717) is 16.3 Å². The van der Waals surface area contributed by atoms with E-state index in [-0.39, 0.29) is 16.7 Å². The summed E-state index contributed by atoms with van der Waals surface area (Å²) in [7, 11) is 1.61. The molecule has 6 nitrogen and oxygen atoms in total. The summed E-state index contributed by atoms with van der Waals surface area (Å²) in [5, 5.41) is 4.19. The minimum Gasteiger partial charge on any atom is -0.497 e. The number of hydrogen-bond donors (Lipinski definition) is 1. The lowest BCUT2D eigenvalue weighted by Crippen LogP contribution is -2.31. The van der Waals surface area contributed by atoms with Crippen LogP contribution in [0.3, 0.4) is 0 Å². The molecule has 1 aromatic heterocycles. The third-order valence-electron chi connectivity index (χ3n) is 4.48. The van der Waals surface area contributed by atoms with Crippen molar-refractivity contribution in [3.63, 3.8) is 0 Å². The molecule has 0 saturated carbocycles. The van der Waals surface area contributed by atoms with E-state index in [0.717, 1.165) is 15.8 Å². The van der Waals surface area contributed by atoms with E-state index in [2.05, 4.69) is 5.32 Å². The molecule has 2 amide bonds. The molecular weight excluding hydrogens is 418 g/mol. The van der Waals surface area contributed by atoms with Crippen molar-refractivity contribution in [1.82, 2.24) is 15.2 Å². The molecule has 4 rings (SSSR count). The van der Waals surface area contributed by atoms with Crippen LogP contribution in [0.5, 0.6) is 5.75 Å². The highest BCUT2D eigenvalue weighted by molar-refractivity contribution is 7.99. The number of hydrogen-bond acceptors (Lipinski definition) is 6. The number of nitrogens with zero attached hydrogens (tertiary/aromatic N) is 2. The lowest BCUT2D eigenvalue weighted by Gasteiger charge is -2.14. The van der Waals surface area contributed by atoms with E-state index in [4.69, 9.17) is 21.9 Å². The fraction of sp³-hybridized carbons (Fsp3) is 0.0909. The third-order valence-corrected chi connectivity index (χ3v) is 5.79. The van der Waals surface area contributed by atoms with Gasteiger partial charge in [-0.05, 0) is 48.6 Å². The van der Waals surface area contributed by atoms with Crippen molar-refractivity contribution < 1.29 is 14.3 Å². The van der Waals surface area contributed by atoms with Crippen LogP contribution in [0, 0.1) is 0 Å². The van der Waals surface area contributed by atoms with Crippen LogP contribution < -0.4 is 10.1 Å². The Hall–Kier alpha value is -3.23. The molecule has 2 heterocycles. The quantitative estimate of drug-likeness (QED) is 0.493. The number of thiocarbonyl (C=S) groups is 1. The van der Waals surface area contributed by atoms with Gasteiger partial charge in [0.2, 0.25) is 5.91 Å². The predicted octanol–water partition coefficient (Wildman–Crippen LogP) is 4.00. The topological polar surface area (TPSA) is 71.5 Å². The SMILES string of the molecule is COc1ccc2cc(C=C3C(=O)NC(=S)N3C(C)=O)c(Sc3ccccc3)nc2c1. The molecule has 1 aliphatic rings. The molecule has 1 saturated heterocycles. The fourth-order valence-electron chi connectivity index (χ4n) is 3.08. The number of benzene rings is 2. The van der Waals surface area contributed by atoms with Gasteiger partial charge in [0.15, 0.2) is 5.11 Å². The van der Waals surface area contributed by atoms with Crippen LogP contribution in [0.15, 0.2) is 70.2 Å². The second-order valence-electron chi connectivity index (χ2n) is 6.50. The second kappa shape index (κ2) is 8.25. The van der Waals surface area contributed by atoms with Gasteiger partial charge in [0.05, 0.1) is 12.6 Å². The Morgan fingerprint density at radius 3 is 2.67 bits per heavy atom. The summed E-state index contributed by atoms with van der Waals surface area (Å²) in [4.78, 5) is 31.5. The summed E-state index contributed by atoms with van der Waals surface area (Å²) >= 11 is 6.60. The van der Waals surface area contributed by atoms with Crippen LogP contribution >= 0.6 is 24.0 Å². The standard InChI is InChI=1S/C22H17N3O3S2/c1-13(26)25-19(20(27)24-22(25)29)11-15-10-14-8-9-16(28-2)12-18(14)23-21(15)30-17-6-4-3-5-7-17/h3-12H,1-2H3,(H,24,27,29). The summed E-state index contributed by atoms with van der Waals surface area (Å²) in [6.45, 7) is 1.37. The molecule has 0 unspecified atom stereocenters. The van der Waals surface area contributed by atoms with Gasteiger partial charge in [-0.3, -0.25) is 19.8 Å². The van der Waals surface area contributed by atoms with Crippen LogP contribution in [0.2, 0.25) is 0 Å². The molecule has 0 aliphatic carbocycles. The Kier molecular flexibility index (Phi) is 5.52. The van der Waals surface area contributed by atoms with Gasteiger partial charge in [0.1, 0.15) is 16.5 Å². The van der Waals surface area contributed by atoms with Gasteiger partial charge in [-0.1, -0.05) is 30.0 Å². The Morgan fingerprint density at radius 2 is 1.97 bits per heavy atom. The molecule has 150 valence electrons. The average molecular weight is 436 g/mol. The van der Waals surface area contributed by atoms with Crippen LogP contribution in [-0.4, -0.2) is 33.9 Å². The third kappa shape index (κ3) is 3.92. The first-order valence-corrected chi connectivity index (χ1v) is 10.3. The second-order valence-corrected chi connectivity index (χ2v) is 7.95. The molecule has 8 heteroatoms. The number of amides is 2. The van der Waals surface area contributed by atoms with Gasteiger partial charge in [0, 0.05) is 28.8 Å².